The van der Waals surface area contributed by atoms with Gasteiger partial charge in [0.05, 0.1) is 6.10 Å². The molecule has 1 unspecified atom stereocenters. The first kappa shape index (κ1) is 9.81. The van der Waals surface area contributed by atoms with Crippen molar-refractivity contribution in [3.8, 4) is 5.75 Å². The second-order valence-corrected chi connectivity index (χ2v) is 3.99. The Morgan fingerprint density at radius 2 is 2.21 bits per heavy atom. The van der Waals surface area contributed by atoms with Gasteiger partial charge in [0.2, 0.25) is 0 Å². The van der Waals surface area contributed by atoms with E-state index in [9.17, 15) is 5.11 Å². The third kappa shape index (κ3) is 2.02. The minimum Gasteiger partial charge on any atom is -0.508 e. The fraction of sp³-hybridized carbons (Fsp3) is 0.455. The Labute approximate surface area is 88.5 Å². The second kappa shape index (κ2) is 4.20. The third-order valence-corrected chi connectivity index (χ3v) is 2.75. The summed E-state index contributed by atoms with van der Waals surface area (Å²) in [7, 11) is 0. The van der Waals surface area contributed by atoms with Crippen molar-refractivity contribution >= 4 is 11.6 Å². The van der Waals surface area contributed by atoms with E-state index >= 15 is 0 Å². The Balaban J connectivity index is 2.24. The normalized spacial score (nSPS) is 22.2. The molecular formula is C11H13ClO2. The van der Waals surface area contributed by atoms with Gasteiger partial charge in [0.15, 0.2) is 0 Å². The number of halogens is 1. The summed E-state index contributed by atoms with van der Waals surface area (Å²) in [6.07, 6.45) is 3.24. The lowest BCUT2D eigenvalue weighted by molar-refractivity contribution is 0.0136. The molecule has 0 aromatic heterocycles. The summed E-state index contributed by atoms with van der Waals surface area (Å²) in [5.41, 5.74) is 0.817. The van der Waals surface area contributed by atoms with Gasteiger partial charge < -0.3 is 9.84 Å². The minimum atomic E-state index is 0.0162. The molecule has 1 fully saturated rings. The fourth-order valence-electron chi connectivity index (χ4n) is 1.77. The lowest BCUT2D eigenvalue weighted by Crippen LogP contribution is -2.11. The Morgan fingerprint density at radius 1 is 1.36 bits per heavy atom. The summed E-state index contributed by atoms with van der Waals surface area (Å²) in [5.74, 6) is 0.279. The van der Waals surface area contributed by atoms with Crippen molar-refractivity contribution in [2.24, 2.45) is 0 Å². The molecule has 0 aliphatic carbocycles. The van der Waals surface area contributed by atoms with Crippen LogP contribution in [0.1, 0.15) is 30.9 Å². The second-order valence-electron chi connectivity index (χ2n) is 3.56. The molecule has 2 nitrogen and oxygen atoms in total. The third-order valence-electron chi connectivity index (χ3n) is 2.52. The van der Waals surface area contributed by atoms with E-state index in [2.05, 4.69) is 0 Å². The van der Waals surface area contributed by atoms with Gasteiger partial charge >= 0.3 is 0 Å². The van der Waals surface area contributed by atoms with E-state index in [0.717, 1.165) is 31.4 Å². The standard InChI is InChI=1S/C11H13ClO2/c12-8-4-5-10(13)9(7-8)11-3-1-2-6-14-11/h4-5,7,11,13H,1-3,6H2. The topological polar surface area (TPSA) is 29.5 Å². The highest BCUT2D eigenvalue weighted by Crippen LogP contribution is 2.34. The molecule has 1 aliphatic rings. The number of ether oxygens (including phenoxy) is 1. The summed E-state index contributed by atoms with van der Waals surface area (Å²) in [5, 5.41) is 10.3. The van der Waals surface area contributed by atoms with E-state index in [-0.39, 0.29) is 11.9 Å². The van der Waals surface area contributed by atoms with Crippen LogP contribution in [-0.4, -0.2) is 11.7 Å². The maximum atomic E-state index is 9.65. The van der Waals surface area contributed by atoms with E-state index in [1.54, 1.807) is 18.2 Å². The van der Waals surface area contributed by atoms with Crippen LogP contribution in [0.2, 0.25) is 5.02 Å². The first-order chi connectivity index (χ1) is 6.77. The van der Waals surface area contributed by atoms with Crippen LogP contribution in [0.15, 0.2) is 18.2 Å². The Morgan fingerprint density at radius 3 is 2.93 bits per heavy atom. The van der Waals surface area contributed by atoms with Crippen LogP contribution in [0.3, 0.4) is 0 Å². The molecule has 1 aromatic carbocycles. The first-order valence-electron chi connectivity index (χ1n) is 4.87. The molecular weight excluding hydrogens is 200 g/mol. The zero-order valence-electron chi connectivity index (χ0n) is 7.87. The lowest BCUT2D eigenvalue weighted by Gasteiger charge is -2.23. The van der Waals surface area contributed by atoms with Crippen molar-refractivity contribution in [2.75, 3.05) is 6.61 Å². The van der Waals surface area contributed by atoms with Crippen LogP contribution in [0, 0.1) is 0 Å². The van der Waals surface area contributed by atoms with Crippen molar-refractivity contribution in [1.29, 1.82) is 0 Å². The first-order valence-corrected chi connectivity index (χ1v) is 5.25. The molecule has 3 heteroatoms. The summed E-state index contributed by atoms with van der Waals surface area (Å²) in [6.45, 7) is 0.774. The molecule has 1 heterocycles. The molecule has 1 atom stereocenters. The van der Waals surface area contributed by atoms with Crippen LogP contribution >= 0.6 is 11.6 Å². The van der Waals surface area contributed by atoms with Gasteiger partial charge in [0, 0.05) is 17.2 Å². The van der Waals surface area contributed by atoms with Gasteiger partial charge in [0.1, 0.15) is 5.75 Å². The Bertz CT molecular complexity index is 319. The van der Waals surface area contributed by atoms with E-state index in [4.69, 9.17) is 16.3 Å². The zero-order chi connectivity index (χ0) is 9.97. The number of aromatic hydroxyl groups is 1. The van der Waals surface area contributed by atoms with Gasteiger partial charge in [0.25, 0.3) is 0 Å². The molecule has 0 saturated carbocycles. The SMILES string of the molecule is Oc1ccc(Cl)cc1C1CCCCO1. The fourth-order valence-corrected chi connectivity index (χ4v) is 1.95. The van der Waals surface area contributed by atoms with Gasteiger partial charge in [-0.2, -0.15) is 0 Å². The van der Waals surface area contributed by atoms with Crippen LogP contribution in [0.5, 0.6) is 5.75 Å². The average molecular weight is 213 g/mol. The zero-order valence-corrected chi connectivity index (χ0v) is 8.63. The largest absolute Gasteiger partial charge is 0.508 e. The van der Waals surface area contributed by atoms with Crippen LogP contribution in [-0.2, 0) is 4.74 Å². The molecule has 1 aliphatic heterocycles. The van der Waals surface area contributed by atoms with Gasteiger partial charge in [-0.1, -0.05) is 11.6 Å². The van der Waals surface area contributed by atoms with Crippen LogP contribution in [0.25, 0.3) is 0 Å². The van der Waals surface area contributed by atoms with Crippen molar-refractivity contribution < 1.29 is 9.84 Å². The number of hydrogen-bond acceptors (Lipinski definition) is 2. The minimum absolute atomic E-state index is 0.0162. The molecule has 1 N–H and O–H groups in total. The molecule has 0 radical (unpaired) electrons. The Hall–Kier alpha value is -0.730. The monoisotopic (exact) mass is 212 g/mol. The van der Waals surface area contributed by atoms with Crippen molar-refractivity contribution in [1.82, 2.24) is 0 Å². The molecule has 76 valence electrons. The maximum Gasteiger partial charge on any atom is 0.121 e. The lowest BCUT2D eigenvalue weighted by atomic mass is 10.0. The molecule has 1 aromatic rings. The number of benzene rings is 1. The number of phenolic OH excluding ortho intramolecular Hbond substituents is 1. The average Bonchev–Trinajstić information content (AvgIpc) is 2.23. The van der Waals surface area contributed by atoms with Gasteiger partial charge in [-0.15, -0.1) is 0 Å². The quantitative estimate of drug-likeness (QED) is 0.774. The van der Waals surface area contributed by atoms with Crippen molar-refractivity contribution in [3.05, 3.63) is 28.8 Å². The van der Waals surface area contributed by atoms with Gasteiger partial charge in [-0.25, -0.2) is 0 Å². The van der Waals surface area contributed by atoms with Crippen molar-refractivity contribution in [3.63, 3.8) is 0 Å². The molecule has 1 saturated heterocycles. The number of rotatable bonds is 1. The van der Waals surface area contributed by atoms with Crippen LogP contribution in [0.4, 0.5) is 0 Å². The predicted octanol–water partition coefficient (Wildman–Crippen LogP) is 3.29. The molecule has 0 amide bonds. The predicted molar refractivity (Wildman–Crippen MR) is 55.7 cm³/mol. The molecule has 0 bridgehead atoms. The molecule has 0 spiro atoms. The van der Waals surface area contributed by atoms with E-state index in [1.165, 1.54) is 0 Å². The number of phenols is 1. The van der Waals surface area contributed by atoms with Gasteiger partial charge in [-0.05, 0) is 37.5 Å². The Kier molecular flexibility index (Phi) is 2.94. The highest BCUT2D eigenvalue weighted by molar-refractivity contribution is 6.30. The van der Waals surface area contributed by atoms with Gasteiger partial charge in [-0.3, -0.25) is 0 Å². The smallest absolute Gasteiger partial charge is 0.121 e. The highest BCUT2D eigenvalue weighted by Gasteiger charge is 2.19. The summed E-state index contributed by atoms with van der Waals surface area (Å²) < 4.78 is 5.58. The van der Waals surface area contributed by atoms with Crippen molar-refractivity contribution in [2.45, 2.75) is 25.4 Å². The summed E-state index contributed by atoms with van der Waals surface area (Å²) in [4.78, 5) is 0. The van der Waals surface area contributed by atoms with E-state index in [0.29, 0.717) is 5.02 Å². The number of hydrogen-bond donors (Lipinski definition) is 1. The highest BCUT2D eigenvalue weighted by atomic mass is 35.5. The molecule has 14 heavy (non-hydrogen) atoms. The summed E-state index contributed by atoms with van der Waals surface area (Å²) >= 11 is 5.87. The maximum absolute atomic E-state index is 9.65. The summed E-state index contributed by atoms with van der Waals surface area (Å²) in [6, 6.07) is 5.09. The van der Waals surface area contributed by atoms with E-state index in [1.807, 2.05) is 0 Å². The van der Waals surface area contributed by atoms with Crippen LogP contribution < -0.4 is 0 Å². The van der Waals surface area contributed by atoms with E-state index < -0.39 is 0 Å². The molecule has 2 rings (SSSR count).